The number of carbonyl (C=O) groups is 1. The number of carbonyl (C=O) groups excluding carboxylic acids is 1. The highest BCUT2D eigenvalue weighted by Gasteiger charge is 2.18. The maximum atomic E-state index is 11.9. The molecule has 0 spiro atoms. The number of aliphatic hydroxyl groups excluding tert-OH is 1. The summed E-state index contributed by atoms with van der Waals surface area (Å²) in [4.78, 5) is 17.3. The van der Waals surface area contributed by atoms with Gasteiger partial charge in [-0.25, -0.2) is 4.98 Å². The van der Waals surface area contributed by atoms with Gasteiger partial charge in [-0.3, -0.25) is 4.79 Å². The molecule has 1 heterocycles. The topological polar surface area (TPSA) is 62.2 Å². The highest BCUT2D eigenvalue weighted by Crippen LogP contribution is 2.23. The summed E-state index contributed by atoms with van der Waals surface area (Å²) < 4.78 is 0. The smallest absolute Gasteiger partial charge is 0.253 e. The second-order valence-electron chi connectivity index (χ2n) is 4.40. The molecule has 21 heavy (non-hydrogen) atoms. The van der Waals surface area contributed by atoms with E-state index in [9.17, 15) is 9.90 Å². The minimum absolute atomic E-state index is 0.287. The van der Waals surface area contributed by atoms with Gasteiger partial charge in [0, 0.05) is 21.1 Å². The van der Waals surface area contributed by atoms with E-state index in [0.29, 0.717) is 15.6 Å². The van der Waals surface area contributed by atoms with Crippen LogP contribution >= 0.6 is 34.5 Å². The number of thiazole rings is 1. The molecule has 1 aromatic carbocycles. The molecule has 1 atom stereocenters. The first-order valence-corrected chi connectivity index (χ1v) is 7.92. The van der Waals surface area contributed by atoms with Crippen molar-refractivity contribution >= 4 is 40.4 Å². The second kappa shape index (κ2) is 7.22. The van der Waals surface area contributed by atoms with Gasteiger partial charge in [-0.1, -0.05) is 30.1 Å². The molecule has 0 bridgehead atoms. The molecule has 1 aromatic heterocycles. The van der Waals surface area contributed by atoms with Gasteiger partial charge in [0.1, 0.15) is 5.01 Å². The zero-order valence-electron chi connectivity index (χ0n) is 11.3. The van der Waals surface area contributed by atoms with Crippen molar-refractivity contribution in [1.29, 1.82) is 0 Å². The van der Waals surface area contributed by atoms with Crippen LogP contribution in [-0.2, 0) is 17.8 Å². The van der Waals surface area contributed by atoms with Crippen molar-refractivity contribution in [2.75, 3.05) is 0 Å². The van der Waals surface area contributed by atoms with Gasteiger partial charge in [-0.2, -0.15) is 0 Å². The number of aryl methyl sites for hydroxylation is 1. The number of nitrogens with zero attached hydrogens (tertiary/aromatic N) is 1. The molecule has 0 aliphatic heterocycles. The molecular weight excluding hydrogens is 331 g/mol. The quantitative estimate of drug-likeness (QED) is 0.873. The summed E-state index contributed by atoms with van der Waals surface area (Å²) in [7, 11) is 0. The van der Waals surface area contributed by atoms with Crippen molar-refractivity contribution in [3.05, 3.63) is 49.9 Å². The third-order valence-electron chi connectivity index (χ3n) is 2.81. The van der Waals surface area contributed by atoms with Gasteiger partial charge in [0.05, 0.1) is 6.54 Å². The number of benzene rings is 1. The summed E-state index contributed by atoms with van der Waals surface area (Å²) >= 11 is 13.2. The van der Waals surface area contributed by atoms with Gasteiger partial charge in [0.15, 0.2) is 6.10 Å². The zero-order chi connectivity index (χ0) is 15.4. The maximum Gasteiger partial charge on any atom is 0.253 e. The van der Waals surface area contributed by atoms with Crippen LogP contribution in [0.2, 0.25) is 10.0 Å². The predicted octanol–water partition coefficient (Wildman–Crippen LogP) is 3.36. The van der Waals surface area contributed by atoms with Crippen molar-refractivity contribution < 1.29 is 9.90 Å². The Morgan fingerprint density at radius 3 is 2.62 bits per heavy atom. The lowest BCUT2D eigenvalue weighted by Crippen LogP contribution is -2.28. The Labute approximate surface area is 136 Å². The Hall–Kier alpha value is -1.14. The molecule has 0 aliphatic carbocycles. The van der Waals surface area contributed by atoms with E-state index in [2.05, 4.69) is 10.3 Å². The lowest BCUT2D eigenvalue weighted by atomic mass is 10.1. The standard InChI is InChI=1S/C14H14Cl2N2O2S/c1-2-11-6-17-12(21-11)7-18-14(20)13(19)8-3-9(15)5-10(16)4-8/h3-6,13,19H,2,7H2,1H3,(H,18,20). The van der Waals surface area contributed by atoms with E-state index >= 15 is 0 Å². The van der Waals surface area contributed by atoms with Crippen LogP contribution in [0.3, 0.4) is 0 Å². The van der Waals surface area contributed by atoms with E-state index in [0.717, 1.165) is 16.3 Å². The Morgan fingerprint density at radius 2 is 2.05 bits per heavy atom. The van der Waals surface area contributed by atoms with Crippen molar-refractivity contribution in [1.82, 2.24) is 10.3 Å². The average Bonchev–Trinajstić information content (AvgIpc) is 2.91. The summed E-state index contributed by atoms with van der Waals surface area (Å²) in [5.74, 6) is -0.512. The molecule has 0 fully saturated rings. The molecule has 0 radical (unpaired) electrons. The predicted molar refractivity (Wildman–Crippen MR) is 84.8 cm³/mol. The van der Waals surface area contributed by atoms with Crippen molar-refractivity contribution in [3.8, 4) is 0 Å². The van der Waals surface area contributed by atoms with Gasteiger partial charge in [-0.05, 0) is 30.2 Å². The van der Waals surface area contributed by atoms with E-state index < -0.39 is 12.0 Å². The summed E-state index contributed by atoms with van der Waals surface area (Å²) in [6.45, 7) is 2.33. The molecule has 1 amide bonds. The Morgan fingerprint density at radius 1 is 1.38 bits per heavy atom. The summed E-state index contributed by atoms with van der Waals surface area (Å²) in [6, 6.07) is 4.56. The lowest BCUT2D eigenvalue weighted by Gasteiger charge is -2.11. The molecule has 112 valence electrons. The molecular formula is C14H14Cl2N2O2S. The number of nitrogens with one attached hydrogen (secondary N) is 1. The SMILES string of the molecule is CCc1cnc(CNC(=O)C(O)c2cc(Cl)cc(Cl)c2)s1. The minimum atomic E-state index is -1.31. The van der Waals surface area contributed by atoms with Crippen LogP contribution in [0.1, 0.15) is 28.5 Å². The monoisotopic (exact) mass is 344 g/mol. The summed E-state index contributed by atoms with van der Waals surface area (Å²) in [5.41, 5.74) is 0.360. The fourth-order valence-electron chi connectivity index (χ4n) is 1.74. The molecule has 2 N–H and O–H groups in total. The van der Waals surface area contributed by atoms with E-state index in [1.54, 1.807) is 12.3 Å². The number of amides is 1. The van der Waals surface area contributed by atoms with Gasteiger partial charge in [0.25, 0.3) is 5.91 Å². The number of rotatable bonds is 5. The van der Waals surface area contributed by atoms with Crippen LogP contribution in [0.25, 0.3) is 0 Å². The highest BCUT2D eigenvalue weighted by atomic mass is 35.5. The molecule has 4 nitrogen and oxygen atoms in total. The Kier molecular flexibility index (Phi) is 5.58. The Balaban J connectivity index is 1.99. The molecule has 0 aliphatic rings. The molecule has 1 unspecified atom stereocenters. The molecule has 0 saturated heterocycles. The van der Waals surface area contributed by atoms with E-state index in [-0.39, 0.29) is 6.54 Å². The van der Waals surface area contributed by atoms with Gasteiger partial charge in [-0.15, -0.1) is 11.3 Å². The number of hydrogen-bond donors (Lipinski definition) is 2. The van der Waals surface area contributed by atoms with Crippen molar-refractivity contribution in [2.24, 2.45) is 0 Å². The Bertz CT molecular complexity index is 625. The van der Waals surface area contributed by atoms with Gasteiger partial charge >= 0.3 is 0 Å². The minimum Gasteiger partial charge on any atom is -0.378 e. The second-order valence-corrected chi connectivity index (χ2v) is 6.47. The van der Waals surface area contributed by atoms with Crippen LogP contribution in [0.4, 0.5) is 0 Å². The number of aliphatic hydroxyl groups is 1. The molecule has 0 saturated carbocycles. The largest absolute Gasteiger partial charge is 0.378 e. The fourth-order valence-corrected chi connectivity index (χ4v) is 3.08. The first kappa shape index (κ1) is 16.2. The van der Waals surface area contributed by atoms with Crippen LogP contribution in [-0.4, -0.2) is 16.0 Å². The van der Waals surface area contributed by atoms with Crippen molar-refractivity contribution in [3.63, 3.8) is 0 Å². The number of halogens is 2. The van der Waals surface area contributed by atoms with E-state index in [1.165, 1.54) is 23.5 Å². The van der Waals surface area contributed by atoms with Crippen molar-refractivity contribution in [2.45, 2.75) is 26.0 Å². The summed E-state index contributed by atoms with van der Waals surface area (Å²) in [5, 5.41) is 14.2. The third-order valence-corrected chi connectivity index (χ3v) is 4.39. The lowest BCUT2D eigenvalue weighted by molar-refractivity contribution is -0.129. The first-order valence-electron chi connectivity index (χ1n) is 6.35. The zero-order valence-corrected chi connectivity index (χ0v) is 13.6. The van der Waals surface area contributed by atoms with E-state index in [4.69, 9.17) is 23.2 Å². The normalized spacial score (nSPS) is 12.2. The number of hydrogen-bond acceptors (Lipinski definition) is 4. The van der Waals surface area contributed by atoms with Crippen LogP contribution < -0.4 is 5.32 Å². The average molecular weight is 345 g/mol. The van der Waals surface area contributed by atoms with Crippen LogP contribution in [0, 0.1) is 0 Å². The van der Waals surface area contributed by atoms with Crippen LogP contribution in [0.15, 0.2) is 24.4 Å². The van der Waals surface area contributed by atoms with Gasteiger partial charge in [0.2, 0.25) is 0 Å². The first-order chi connectivity index (χ1) is 9.99. The summed E-state index contributed by atoms with van der Waals surface area (Å²) in [6.07, 6.45) is 1.39. The van der Waals surface area contributed by atoms with E-state index in [1.807, 2.05) is 6.92 Å². The maximum absolute atomic E-state index is 11.9. The molecule has 2 aromatic rings. The molecule has 2 rings (SSSR count). The fraction of sp³-hybridized carbons (Fsp3) is 0.286. The molecule has 7 heteroatoms. The van der Waals surface area contributed by atoms with Gasteiger partial charge < -0.3 is 10.4 Å². The van der Waals surface area contributed by atoms with Crippen LogP contribution in [0.5, 0.6) is 0 Å². The highest BCUT2D eigenvalue weighted by molar-refractivity contribution is 7.11. The number of aromatic nitrogens is 1. The third kappa shape index (κ3) is 4.41.